The molecule has 0 saturated carbocycles. The number of nitrogens with two attached hydrogens (primary N) is 1. The normalized spacial score (nSPS) is 13.1. The molecular weight excluding hydrogens is 750 g/mol. The average molecular weight is 794 g/mol. The molecule has 2 aromatic carbocycles. The number of carbonyl (C=O) groups is 3. The first kappa shape index (κ1) is 40.1. The smallest absolute Gasteiger partial charge is 0.339 e. The minimum atomic E-state index is -0.530. The number of carbonyl (C=O) groups excluding carboxylic acids is 3. The van der Waals surface area contributed by atoms with Crippen LogP contribution in [0.5, 0.6) is 0 Å². The van der Waals surface area contributed by atoms with Crippen LogP contribution in [0.3, 0.4) is 0 Å². The van der Waals surface area contributed by atoms with Crippen molar-refractivity contribution >= 4 is 46.4 Å². The molecule has 1 aliphatic rings. The Balaban J connectivity index is 0.952. The molecule has 3 aromatic heterocycles. The zero-order valence-electron chi connectivity index (χ0n) is 31.8. The number of aromatic nitrogens is 3. The average Bonchev–Trinajstić information content (AvgIpc) is 3.90. The highest BCUT2D eigenvalue weighted by Crippen LogP contribution is 2.39. The van der Waals surface area contributed by atoms with Gasteiger partial charge >= 0.3 is 5.97 Å². The number of methoxy groups -OCH3 is 1. The lowest BCUT2D eigenvalue weighted by atomic mass is 9.99. The lowest BCUT2D eigenvalue weighted by Gasteiger charge is -2.13. The summed E-state index contributed by atoms with van der Waals surface area (Å²) in [5.41, 5.74) is 10.8. The molecule has 0 saturated heterocycles. The number of fused-ring (bicyclic) bond motifs is 3. The molecule has 0 bridgehead atoms. The number of thiophene rings is 1. The summed E-state index contributed by atoms with van der Waals surface area (Å²) in [4.78, 5) is 44.7. The lowest BCUT2D eigenvalue weighted by molar-refractivity contribution is -0.121. The molecule has 6 rings (SSSR count). The van der Waals surface area contributed by atoms with E-state index in [1.165, 1.54) is 12.0 Å². The van der Waals surface area contributed by atoms with E-state index in [0.29, 0.717) is 40.8 Å². The van der Waals surface area contributed by atoms with Gasteiger partial charge in [-0.1, -0.05) is 54.8 Å². The molecule has 0 aliphatic carbocycles. The van der Waals surface area contributed by atoms with Crippen LogP contribution >= 0.6 is 22.9 Å². The van der Waals surface area contributed by atoms with Crippen molar-refractivity contribution in [1.82, 2.24) is 25.4 Å². The van der Waals surface area contributed by atoms with Gasteiger partial charge in [0.2, 0.25) is 5.91 Å². The SMILES string of the molecule is COC(=O)c1cc(-c2ccc(C(=O)NCCCCCCCNC(=O)C[C@@H]3N=C(c4ccc(Cl)cc4)c4c(sc(C)c4C)-n4c(C)nnc43)o2)ccc1C#CCN. The van der Waals surface area contributed by atoms with Gasteiger partial charge in [0.05, 0.1) is 31.4 Å². The highest BCUT2D eigenvalue weighted by molar-refractivity contribution is 7.15. The summed E-state index contributed by atoms with van der Waals surface area (Å²) in [7, 11) is 1.30. The second kappa shape index (κ2) is 18.4. The van der Waals surface area contributed by atoms with Gasteiger partial charge in [0.15, 0.2) is 11.6 Å². The molecule has 0 radical (unpaired) electrons. The minimum absolute atomic E-state index is 0.0962. The number of esters is 1. The van der Waals surface area contributed by atoms with E-state index in [1.807, 2.05) is 35.8 Å². The molecule has 2 amide bonds. The molecule has 0 unspecified atom stereocenters. The predicted octanol–water partition coefficient (Wildman–Crippen LogP) is 7.04. The number of unbranched alkanes of at least 4 members (excludes halogenated alkanes) is 4. The van der Waals surface area contributed by atoms with Crippen LogP contribution in [0, 0.1) is 32.6 Å². The number of aliphatic imine (C=N–C) groups is 1. The summed E-state index contributed by atoms with van der Waals surface area (Å²) < 4.78 is 12.8. The molecule has 12 nitrogen and oxygen atoms in total. The number of hydrogen-bond acceptors (Lipinski definition) is 10. The Morgan fingerprint density at radius 2 is 1.66 bits per heavy atom. The minimum Gasteiger partial charge on any atom is -0.465 e. The predicted molar refractivity (Wildman–Crippen MR) is 218 cm³/mol. The van der Waals surface area contributed by atoms with Gasteiger partial charge in [0.25, 0.3) is 5.91 Å². The highest BCUT2D eigenvalue weighted by Gasteiger charge is 2.32. The van der Waals surface area contributed by atoms with Crippen molar-refractivity contribution in [1.29, 1.82) is 0 Å². The Bertz CT molecular complexity index is 2330. The number of hydrogen-bond donors (Lipinski definition) is 3. The molecule has 290 valence electrons. The Labute approximate surface area is 334 Å². The van der Waals surface area contributed by atoms with Gasteiger partial charge in [0.1, 0.15) is 22.6 Å². The third kappa shape index (κ3) is 9.11. The van der Waals surface area contributed by atoms with Crippen molar-refractivity contribution in [3.8, 4) is 28.2 Å². The maximum Gasteiger partial charge on any atom is 0.339 e. The Hall–Kier alpha value is -5.55. The van der Waals surface area contributed by atoms with E-state index >= 15 is 0 Å². The highest BCUT2D eigenvalue weighted by atomic mass is 35.5. The van der Waals surface area contributed by atoms with Crippen LogP contribution in [0.4, 0.5) is 0 Å². The number of halogens is 1. The van der Waals surface area contributed by atoms with E-state index in [1.54, 1.807) is 41.7 Å². The van der Waals surface area contributed by atoms with Gasteiger partial charge in [0, 0.05) is 45.2 Å². The molecule has 1 aliphatic heterocycles. The molecule has 1 atom stereocenters. The van der Waals surface area contributed by atoms with Crippen LogP contribution in [-0.4, -0.2) is 65.0 Å². The Morgan fingerprint density at radius 3 is 2.39 bits per heavy atom. The number of amides is 2. The zero-order valence-corrected chi connectivity index (χ0v) is 33.4. The van der Waals surface area contributed by atoms with E-state index in [9.17, 15) is 14.4 Å². The van der Waals surface area contributed by atoms with Gasteiger partial charge in [-0.3, -0.25) is 19.1 Å². The van der Waals surface area contributed by atoms with Gasteiger partial charge in [-0.2, -0.15) is 0 Å². The number of furan rings is 1. The monoisotopic (exact) mass is 793 g/mol. The first-order valence-corrected chi connectivity index (χ1v) is 19.7. The van der Waals surface area contributed by atoms with E-state index in [4.69, 9.17) is 31.5 Å². The largest absolute Gasteiger partial charge is 0.465 e. The molecule has 56 heavy (non-hydrogen) atoms. The number of aryl methyl sites for hydroxylation is 2. The number of benzene rings is 2. The van der Waals surface area contributed by atoms with Gasteiger partial charge in [-0.15, -0.1) is 21.5 Å². The third-order valence-electron chi connectivity index (χ3n) is 9.56. The Morgan fingerprint density at radius 1 is 0.946 bits per heavy atom. The first-order valence-electron chi connectivity index (χ1n) is 18.5. The van der Waals surface area contributed by atoms with E-state index in [-0.39, 0.29) is 36.1 Å². The molecule has 0 fully saturated rings. The van der Waals surface area contributed by atoms with Crippen molar-refractivity contribution in [2.24, 2.45) is 10.7 Å². The van der Waals surface area contributed by atoms with Gasteiger partial charge in [-0.25, -0.2) is 4.79 Å². The van der Waals surface area contributed by atoms with Crippen molar-refractivity contribution < 1.29 is 23.5 Å². The summed E-state index contributed by atoms with van der Waals surface area (Å²) in [6.45, 7) is 7.34. The Kier molecular flexibility index (Phi) is 13.2. The standard InChI is InChI=1S/C42H44ClN7O5S/c1-25-26(2)56-41-37(25)38(29-14-16-31(43)17-15-29)47-33(39-49-48-27(3)50(39)41)24-36(51)45-21-8-6-5-7-9-22-46-40(52)35-19-18-34(55-35)30-13-12-28(11-10-20-44)32(23-30)42(53)54-4/h12-19,23,33H,5-9,20-22,24,44H2,1-4H3,(H,45,51)(H,46,52)/t33-/m0/s1. The fraction of sp³-hybridized carbons (Fsp3) is 0.333. The number of ether oxygens (including phenoxy) is 1. The summed E-state index contributed by atoms with van der Waals surface area (Å²) in [5.74, 6) is 6.69. The van der Waals surface area contributed by atoms with Crippen molar-refractivity contribution in [3.05, 3.63) is 110 Å². The summed E-state index contributed by atoms with van der Waals surface area (Å²) in [6.07, 6.45) is 4.61. The van der Waals surface area contributed by atoms with E-state index < -0.39 is 12.0 Å². The number of rotatable bonds is 14. The molecular formula is C42H44ClN7O5S. The van der Waals surface area contributed by atoms with Crippen molar-refractivity contribution in [2.75, 3.05) is 26.7 Å². The molecule has 0 spiro atoms. The topological polar surface area (TPSA) is 167 Å². The second-order valence-corrected chi connectivity index (χ2v) is 15.0. The summed E-state index contributed by atoms with van der Waals surface area (Å²) in [5, 5.41) is 16.5. The fourth-order valence-corrected chi connectivity index (χ4v) is 7.86. The lowest BCUT2D eigenvalue weighted by Crippen LogP contribution is -2.26. The zero-order chi connectivity index (χ0) is 39.8. The first-order chi connectivity index (χ1) is 27.1. The molecule has 5 aromatic rings. The number of nitrogens with one attached hydrogen (secondary N) is 2. The van der Waals surface area contributed by atoms with E-state index in [2.05, 4.69) is 46.5 Å². The van der Waals surface area contributed by atoms with E-state index in [0.717, 1.165) is 65.3 Å². The second-order valence-electron chi connectivity index (χ2n) is 13.4. The van der Waals surface area contributed by atoms with Crippen LogP contribution in [0.25, 0.3) is 16.3 Å². The fourth-order valence-electron chi connectivity index (χ4n) is 6.52. The van der Waals surface area contributed by atoms with Crippen LogP contribution in [0.2, 0.25) is 5.02 Å². The summed E-state index contributed by atoms with van der Waals surface area (Å²) in [6, 6.07) is 15.5. The van der Waals surface area contributed by atoms with Crippen LogP contribution < -0.4 is 16.4 Å². The molecule has 4 heterocycles. The van der Waals surface area contributed by atoms with Crippen LogP contribution in [-0.2, 0) is 9.53 Å². The molecule has 14 heteroatoms. The maximum absolute atomic E-state index is 13.3. The van der Waals surface area contributed by atoms with Gasteiger partial charge < -0.3 is 25.5 Å². The van der Waals surface area contributed by atoms with Crippen LogP contribution in [0.1, 0.15) is 104 Å². The van der Waals surface area contributed by atoms with Crippen molar-refractivity contribution in [2.45, 2.75) is 65.3 Å². The quantitative estimate of drug-likeness (QED) is 0.0612. The van der Waals surface area contributed by atoms with Crippen LogP contribution in [0.15, 0.2) is 64.0 Å². The maximum atomic E-state index is 13.3. The third-order valence-corrected chi connectivity index (χ3v) is 11.0. The number of nitrogens with zero attached hydrogens (tertiary/aromatic N) is 4. The summed E-state index contributed by atoms with van der Waals surface area (Å²) >= 11 is 7.90. The molecule has 4 N–H and O–H groups in total. The van der Waals surface area contributed by atoms with Crippen molar-refractivity contribution in [3.63, 3.8) is 0 Å². The van der Waals surface area contributed by atoms with Gasteiger partial charge in [-0.05, 0) is 81.6 Å².